The SMILES string of the molecule is CCCn1cc(N)c(-c2ccc(Br)o2)n1. The van der Waals surface area contributed by atoms with Crippen LogP contribution >= 0.6 is 15.9 Å². The Balaban J connectivity index is 2.35. The Morgan fingerprint density at radius 3 is 2.93 bits per heavy atom. The van der Waals surface area contributed by atoms with Crippen LogP contribution in [0.4, 0.5) is 5.69 Å². The van der Waals surface area contributed by atoms with E-state index in [1.807, 2.05) is 23.0 Å². The van der Waals surface area contributed by atoms with E-state index in [1.165, 1.54) is 0 Å². The molecule has 0 radical (unpaired) electrons. The summed E-state index contributed by atoms with van der Waals surface area (Å²) in [5.74, 6) is 0.689. The van der Waals surface area contributed by atoms with Gasteiger partial charge in [0, 0.05) is 12.7 Å². The van der Waals surface area contributed by atoms with Crippen LogP contribution in [0, 0.1) is 0 Å². The zero-order valence-electron chi connectivity index (χ0n) is 8.40. The van der Waals surface area contributed by atoms with Gasteiger partial charge in [0.1, 0.15) is 0 Å². The van der Waals surface area contributed by atoms with E-state index < -0.39 is 0 Å². The molecule has 0 aromatic carbocycles. The molecule has 0 fully saturated rings. The van der Waals surface area contributed by atoms with E-state index >= 15 is 0 Å². The fourth-order valence-electron chi connectivity index (χ4n) is 1.41. The number of nitrogens with two attached hydrogens (primary N) is 1. The highest BCUT2D eigenvalue weighted by atomic mass is 79.9. The van der Waals surface area contributed by atoms with Crippen molar-refractivity contribution in [3.05, 3.63) is 23.0 Å². The van der Waals surface area contributed by atoms with Gasteiger partial charge in [-0.3, -0.25) is 4.68 Å². The molecule has 5 heteroatoms. The van der Waals surface area contributed by atoms with Crippen LogP contribution in [0.15, 0.2) is 27.4 Å². The number of halogens is 1. The first-order valence-corrected chi connectivity index (χ1v) is 5.58. The highest BCUT2D eigenvalue weighted by Gasteiger charge is 2.11. The average Bonchev–Trinajstić information content (AvgIpc) is 2.73. The van der Waals surface area contributed by atoms with Gasteiger partial charge in [0.25, 0.3) is 0 Å². The van der Waals surface area contributed by atoms with Gasteiger partial charge in [-0.25, -0.2) is 0 Å². The van der Waals surface area contributed by atoms with Crippen LogP contribution in [0.5, 0.6) is 0 Å². The first kappa shape index (κ1) is 10.3. The molecule has 2 rings (SSSR count). The minimum absolute atomic E-state index is 0.644. The topological polar surface area (TPSA) is 57.0 Å². The number of nitrogens with zero attached hydrogens (tertiary/aromatic N) is 2. The zero-order chi connectivity index (χ0) is 10.8. The lowest BCUT2D eigenvalue weighted by atomic mass is 10.3. The van der Waals surface area contributed by atoms with Gasteiger partial charge in [0.2, 0.25) is 0 Å². The Labute approximate surface area is 96.2 Å². The van der Waals surface area contributed by atoms with Crippen LogP contribution in [-0.2, 0) is 6.54 Å². The fraction of sp³-hybridized carbons (Fsp3) is 0.300. The molecular formula is C10H12BrN3O. The number of furan rings is 1. The van der Waals surface area contributed by atoms with Gasteiger partial charge in [0.15, 0.2) is 16.1 Å². The van der Waals surface area contributed by atoms with Gasteiger partial charge >= 0.3 is 0 Å². The fourth-order valence-corrected chi connectivity index (χ4v) is 1.72. The quantitative estimate of drug-likeness (QED) is 0.932. The van der Waals surface area contributed by atoms with Crippen LogP contribution in [-0.4, -0.2) is 9.78 Å². The van der Waals surface area contributed by atoms with E-state index in [2.05, 4.69) is 28.0 Å². The predicted molar refractivity (Wildman–Crippen MR) is 62.3 cm³/mol. The minimum Gasteiger partial charge on any atom is -0.448 e. The van der Waals surface area contributed by atoms with Crippen LogP contribution in [0.1, 0.15) is 13.3 Å². The molecule has 2 N–H and O–H groups in total. The summed E-state index contributed by atoms with van der Waals surface area (Å²) in [5.41, 5.74) is 7.20. The van der Waals surface area contributed by atoms with Gasteiger partial charge in [-0.05, 0) is 34.5 Å². The largest absolute Gasteiger partial charge is 0.448 e. The summed E-state index contributed by atoms with van der Waals surface area (Å²) >= 11 is 3.25. The highest BCUT2D eigenvalue weighted by Crippen LogP contribution is 2.27. The second-order valence-corrected chi connectivity index (χ2v) is 4.08. The lowest BCUT2D eigenvalue weighted by molar-refractivity contribution is 0.548. The maximum Gasteiger partial charge on any atom is 0.169 e. The Bertz CT molecular complexity index is 461. The molecule has 0 saturated carbocycles. The van der Waals surface area contributed by atoms with Crippen molar-refractivity contribution in [2.45, 2.75) is 19.9 Å². The third kappa shape index (κ3) is 2.07. The Hall–Kier alpha value is -1.23. The molecule has 0 unspecified atom stereocenters. The number of hydrogen-bond acceptors (Lipinski definition) is 3. The van der Waals surface area contributed by atoms with Crippen molar-refractivity contribution in [2.24, 2.45) is 0 Å². The van der Waals surface area contributed by atoms with Crippen molar-refractivity contribution < 1.29 is 4.42 Å². The van der Waals surface area contributed by atoms with E-state index in [1.54, 1.807) is 0 Å². The van der Waals surface area contributed by atoms with Crippen molar-refractivity contribution in [2.75, 3.05) is 5.73 Å². The van der Waals surface area contributed by atoms with Crippen LogP contribution in [0.3, 0.4) is 0 Å². The average molecular weight is 270 g/mol. The van der Waals surface area contributed by atoms with Crippen molar-refractivity contribution in [3.63, 3.8) is 0 Å². The van der Waals surface area contributed by atoms with E-state index in [0.29, 0.717) is 21.8 Å². The molecule has 0 bridgehead atoms. The van der Waals surface area contributed by atoms with E-state index in [-0.39, 0.29) is 0 Å². The Morgan fingerprint density at radius 2 is 2.33 bits per heavy atom. The van der Waals surface area contributed by atoms with Crippen LogP contribution in [0.2, 0.25) is 0 Å². The number of rotatable bonds is 3. The molecule has 0 aliphatic carbocycles. The number of aryl methyl sites for hydroxylation is 1. The Kier molecular flexibility index (Phi) is 2.81. The molecule has 0 aliphatic heterocycles. The van der Waals surface area contributed by atoms with Gasteiger partial charge in [-0.2, -0.15) is 5.10 Å². The number of aromatic nitrogens is 2. The van der Waals surface area contributed by atoms with Gasteiger partial charge < -0.3 is 10.2 Å². The lowest BCUT2D eigenvalue weighted by Gasteiger charge is -1.94. The van der Waals surface area contributed by atoms with Crippen molar-refractivity contribution in [1.29, 1.82) is 0 Å². The summed E-state index contributed by atoms with van der Waals surface area (Å²) in [6, 6.07) is 3.67. The first-order chi connectivity index (χ1) is 7.20. The monoisotopic (exact) mass is 269 g/mol. The first-order valence-electron chi connectivity index (χ1n) is 4.79. The van der Waals surface area contributed by atoms with E-state index in [9.17, 15) is 0 Å². The van der Waals surface area contributed by atoms with Gasteiger partial charge in [-0.15, -0.1) is 0 Å². The molecule has 0 atom stereocenters. The maximum absolute atomic E-state index is 5.85. The zero-order valence-corrected chi connectivity index (χ0v) is 9.99. The minimum atomic E-state index is 0.644. The van der Waals surface area contributed by atoms with Crippen molar-refractivity contribution in [1.82, 2.24) is 9.78 Å². The highest BCUT2D eigenvalue weighted by molar-refractivity contribution is 9.10. The Morgan fingerprint density at radius 1 is 1.53 bits per heavy atom. The van der Waals surface area contributed by atoms with Crippen molar-refractivity contribution in [3.8, 4) is 11.5 Å². The molecule has 2 aromatic rings. The number of nitrogen functional groups attached to an aromatic ring is 1. The van der Waals surface area contributed by atoms with Gasteiger partial charge in [0.05, 0.1) is 5.69 Å². The number of anilines is 1. The lowest BCUT2D eigenvalue weighted by Crippen LogP contribution is -1.96. The molecule has 15 heavy (non-hydrogen) atoms. The molecule has 0 saturated heterocycles. The molecule has 0 spiro atoms. The normalized spacial score (nSPS) is 10.8. The molecule has 80 valence electrons. The molecule has 4 nitrogen and oxygen atoms in total. The predicted octanol–water partition coefficient (Wildman–Crippen LogP) is 2.90. The number of hydrogen-bond donors (Lipinski definition) is 1. The standard InChI is InChI=1S/C10H12BrN3O/c1-2-5-14-6-7(12)10(13-14)8-3-4-9(11)15-8/h3-4,6H,2,5,12H2,1H3. The summed E-state index contributed by atoms with van der Waals surface area (Å²) in [6.07, 6.45) is 2.86. The summed E-state index contributed by atoms with van der Waals surface area (Å²) in [7, 11) is 0. The van der Waals surface area contributed by atoms with Crippen molar-refractivity contribution >= 4 is 21.6 Å². The van der Waals surface area contributed by atoms with Gasteiger partial charge in [-0.1, -0.05) is 6.92 Å². The van der Waals surface area contributed by atoms with Crippen LogP contribution in [0.25, 0.3) is 11.5 Å². The second kappa shape index (κ2) is 4.10. The molecule has 2 aromatic heterocycles. The summed E-state index contributed by atoms with van der Waals surface area (Å²) < 4.78 is 7.92. The third-order valence-electron chi connectivity index (χ3n) is 2.05. The molecule has 2 heterocycles. The summed E-state index contributed by atoms with van der Waals surface area (Å²) in [5, 5.41) is 4.36. The summed E-state index contributed by atoms with van der Waals surface area (Å²) in [4.78, 5) is 0. The maximum atomic E-state index is 5.85. The third-order valence-corrected chi connectivity index (χ3v) is 2.48. The molecule has 0 aliphatic rings. The molecule has 0 amide bonds. The van der Waals surface area contributed by atoms with E-state index in [4.69, 9.17) is 10.2 Å². The van der Waals surface area contributed by atoms with E-state index in [0.717, 1.165) is 13.0 Å². The second-order valence-electron chi connectivity index (χ2n) is 3.30. The van der Waals surface area contributed by atoms with Crippen LogP contribution < -0.4 is 5.73 Å². The summed E-state index contributed by atoms with van der Waals surface area (Å²) in [6.45, 7) is 2.97. The molecular weight excluding hydrogens is 258 g/mol. The smallest absolute Gasteiger partial charge is 0.169 e.